The molecule has 248 valence electrons. The van der Waals surface area contributed by atoms with Crippen molar-refractivity contribution < 1.29 is 4.74 Å². The summed E-state index contributed by atoms with van der Waals surface area (Å²) in [6.07, 6.45) is 3.92. The zero-order chi connectivity index (χ0) is 34.7. The fourth-order valence-electron chi connectivity index (χ4n) is 9.03. The summed E-state index contributed by atoms with van der Waals surface area (Å²) in [5.74, 6) is 1.68. The Bertz CT molecular complexity index is 2910. The average molecular weight is 697 g/mol. The van der Waals surface area contributed by atoms with Gasteiger partial charge < -0.3 is 14.2 Å². The number of benzene rings is 6. The standard InChI is InChI=1S/C47H28N4OS/c1-4-16-37-31(12-1)32-13-2-5-17-38(32)51(37)30-26-36-46(49-28-30)45-35(15-11-25-48-45)47(36)33-14-3-10-22-43(33)53-44-27-29(23-24-34(44)47)50-39-18-6-8-20-41(39)52-42-21-9-7-19-40(42)50/h1-28H. The summed E-state index contributed by atoms with van der Waals surface area (Å²) >= 11 is 1.84. The minimum Gasteiger partial charge on any atom is -0.453 e. The molecule has 6 heteroatoms. The molecule has 0 fully saturated rings. The minimum absolute atomic E-state index is 0.628. The van der Waals surface area contributed by atoms with Crippen LogP contribution in [0, 0.1) is 0 Å². The van der Waals surface area contributed by atoms with E-state index < -0.39 is 5.41 Å². The van der Waals surface area contributed by atoms with Crippen molar-refractivity contribution in [2.24, 2.45) is 0 Å². The molecule has 12 rings (SSSR count). The van der Waals surface area contributed by atoms with Gasteiger partial charge in [0.15, 0.2) is 11.5 Å². The van der Waals surface area contributed by atoms with Crippen LogP contribution in [-0.4, -0.2) is 14.5 Å². The first kappa shape index (κ1) is 29.0. The Morgan fingerprint density at radius 2 is 1.11 bits per heavy atom. The lowest BCUT2D eigenvalue weighted by molar-refractivity contribution is 0.477. The highest BCUT2D eigenvalue weighted by atomic mass is 32.2. The topological polar surface area (TPSA) is 43.2 Å². The van der Waals surface area contributed by atoms with Gasteiger partial charge in [-0.3, -0.25) is 9.97 Å². The van der Waals surface area contributed by atoms with Gasteiger partial charge in [0, 0.05) is 38.0 Å². The molecule has 0 radical (unpaired) electrons. The van der Waals surface area contributed by atoms with E-state index >= 15 is 0 Å². The van der Waals surface area contributed by atoms with Crippen molar-refractivity contribution in [2.45, 2.75) is 15.2 Å². The molecular formula is C47H28N4OS. The van der Waals surface area contributed by atoms with Crippen LogP contribution in [0.4, 0.5) is 17.1 Å². The molecule has 5 nitrogen and oxygen atoms in total. The Hall–Kier alpha value is -6.63. The number of hydrogen-bond donors (Lipinski definition) is 0. The Balaban J connectivity index is 1.14. The van der Waals surface area contributed by atoms with E-state index in [0.717, 1.165) is 67.8 Å². The molecule has 0 amide bonds. The number of anilines is 3. The van der Waals surface area contributed by atoms with Crippen LogP contribution in [0.2, 0.25) is 0 Å². The zero-order valence-electron chi connectivity index (χ0n) is 28.3. The second-order valence-electron chi connectivity index (χ2n) is 13.8. The first-order valence-electron chi connectivity index (χ1n) is 17.8. The highest BCUT2D eigenvalue weighted by Gasteiger charge is 2.52. The van der Waals surface area contributed by atoms with E-state index in [4.69, 9.17) is 14.7 Å². The summed E-state index contributed by atoms with van der Waals surface area (Å²) in [5, 5.41) is 2.46. The van der Waals surface area contributed by atoms with Crippen molar-refractivity contribution in [3.8, 4) is 28.6 Å². The number of nitrogens with zero attached hydrogens (tertiary/aromatic N) is 4. The lowest BCUT2D eigenvalue weighted by Crippen LogP contribution is -2.32. The number of fused-ring (bicyclic) bond motifs is 14. The number of rotatable bonds is 2. The highest BCUT2D eigenvalue weighted by molar-refractivity contribution is 7.99. The lowest BCUT2D eigenvalue weighted by Gasteiger charge is -2.40. The van der Waals surface area contributed by atoms with E-state index in [2.05, 4.69) is 143 Å². The van der Waals surface area contributed by atoms with Crippen LogP contribution in [-0.2, 0) is 5.41 Å². The smallest absolute Gasteiger partial charge is 0.151 e. The fourth-order valence-corrected chi connectivity index (χ4v) is 10.3. The molecule has 0 saturated carbocycles. The SMILES string of the molecule is c1ccc2c(c1)Oc1ccccc1N2c1ccc2c(c1)Sc1ccccc1C21c2cccnc2-c2ncc(-n3c4ccccc4c4ccccc43)cc21. The Kier molecular flexibility index (Phi) is 5.85. The summed E-state index contributed by atoms with van der Waals surface area (Å²) in [4.78, 5) is 15.1. The summed E-state index contributed by atoms with van der Waals surface area (Å²) < 4.78 is 8.74. The van der Waals surface area contributed by atoms with Crippen LogP contribution in [0.5, 0.6) is 11.5 Å². The molecule has 3 aliphatic rings. The number of pyridine rings is 2. The summed E-state index contributed by atoms with van der Waals surface area (Å²) in [5.41, 5.74) is 12.5. The predicted molar refractivity (Wildman–Crippen MR) is 213 cm³/mol. The van der Waals surface area contributed by atoms with Gasteiger partial charge in [0.1, 0.15) is 0 Å². The van der Waals surface area contributed by atoms with Gasteiger partial charge in [-0.05, 0) is 83.4 Å². The third kappa shape index (κ3) is 3.82. The van der Waals surface area contributed by atoms with Crippen LogP contribution in [0.15, 0.2) is 180 Å². The van der Waals surface area contributed by atoms with E-state index in [1.165, 1.54) is 31.7 Å². The van der Waals surface area contributed by atoms with Gasteiger partial charge in [0.2, 0.25) is 0 Å². The maximum atomic E-state index is 6.38. The maximum absolute atomic E-state index is 6.38. The van der Waals surface area contributed by atoms with Crippen molar-refractivity contribution >= 4 is 50.6 Å². The first-order chi connectivity index (χ1) is 26.3. The molecular weight excluding hydrogens is 669 g/mol. The third-order valence-corrected chi connectivity index (χ3v) is 12.3. The quantitative estimate of drug-likeness (QED) is 0.180. The van der Waals surface area contributed by atoms with Gasteiger partial charge in [0.25, 0.3) is 0 Å². The minimum atomic E-state index is -0.628. The Morgan fingerprint density at radius 1 is 0.491 bits per heavy atom. The molecule has 0 bridgehead atoms. The molecule has 2 aliphatic heterocycles. The maximum Gasteiger partial charge on any atom is 0.151 e. The average Bonchev–Trinajstić information content (AvgIpc) is 3.70. The van der Waals surface area contributed by atoms with Crippen LogP contribution in [0.1, 0.15) is 22.3 Å². The van der Waals surface area contributed by atoms with Crippen LogP contribution >= 0.6 is 11.8 Å². The van der Waals surface area contributed by atoms with E-state index in [1.54, 1.807) is 0 Å². The first-order valence-corrected chi connectivity index (χ1v) is 18.6. The van der Waals surface area contributed by atoms with Crippen molar-refractivity contribution in [3.63, 3.8) is 0 Å². The van der Waals surface area contributed by atoms with Gasteiger partial charge in [-0.15, -0.1) is 0 Å². The van der Waals surface area contributed by atoms with E-state index in [-0.39, 0.29) is 0 Å². The fraction of sp³-hybridized carbons (Fsp3) is 0.0213. The molecule has 1 unspecified atom stereocenters. The molecule has 1 spiro atoms. The van der Waals surface area contributed by atoms with Crippen molar-refractivity contribution in [1.82, 2.24) is 14.5 Å². The second kappa shape index (κ2) is 10.7. The summed E-state index contributed by atoms with van der Waals surface area (Å²) in [6, 6.07) is 56.4. The van der Waals surface area contributed by atoms with E-state index in [0.29, 0.717) is 0 Å². The number of ether oxygens (including phenoxy) is 1. The second-order valence-corrected chi connectivity index (χ2v) is 14.8. The van der Waals surface area contributed by atoms with Crippen LogP contribution < -0.4 is 9.64 Å². The molecule has 9 aromatic rings. The van der Waals surface area contributed by atoms with Crippen molar-refractivity contribution in [3.05, 3.63) is 192 Å². The van der Waals surface area contributed by atoms with Crippen molar-refractivity contribution in [2.75, 3.05) is 4.90 Å². The predicted octanol–water partition coefficient (Wildman–Crippen LogP) is 12.0. The third-order valence-electron chi connectivity index (χ3n) is 11.1. The summed E-state index contributed by atoms with van der Waals surface area (Å²) in [7, 11) is 0. The summed E-state index contributed by atoms with van der Waals surface area (Å²) in [6.45, 7) is 0. The molecule has 3 aromatic heterocycles. The number of aromatic nitrogens is 3. The van der Waals surface area contributed by atoms with Gasteiger partial charge in [-0.1, -0.05) is 103 Å². The number of hydrogen-bond acceptors (Lipinski definition) is 5. The molecule has 1 aliphatic carbocycles. The molecule has 6 aromatic carbocycles. The molecule has 0 saturated heterocycles. The molecule has 0 N–H and O–H groups in total. The molecule has 5 heterocycles. The van der Waals surface area contributed by atoms with Crippen LogP contribution in [0.25, 0.3) is 38.9 Å². The number of para-hydroxylation sites is 6. The monoisotopic (exact) mass is 696 g/mol. The highest BCUT2D eigenvalue weighted by Crippen LogP contribution is 2.62. The van der Waals surface area contributed by atoms with Crippen LogP contribution in [0.3, 0.4) is 0 Å². The van der Waals surface area contributed by atoms with Gasteiger partial charge in [-0.2, -0.15) is 0 Å². The zero-order valence-corrected chi connectivity index (χ0v) is 29.1. The van der Waals surface area contributed by atoms with E-state index in [1.807, 2.05) is 48.4 Å². The van der Waals surface area contributed by atoms with Gasteiger partial charge in [0.05, 0.1) is 51.1 Å². The Labute approximate surface area is 309 Å². The van der Waals surface area contributed by atoms with Gasteiger partial charge in [-0.25, -0.2) is 0 Å². The van der Waals surface area contributed by atoms with Gasteiger partial charge >= 0.3 is 0 Å². The van der Waals surface area contributed by atoms with Crippen molar-refractivity contribution in [1.29, 1.82) is 0 Å². The normalized spacial score (nSPS) is 16.0. The molecule has 53 heavy (non-hydrogen) atoms. The Morgan fingerprint density at radius 3 is 1.89 bits per heavy atom. The lowest BCUT2D eigenvalue weighted by atomic mass is 9.67. The largest absolute Gasteiger partial charge is 0.453 e. The van der Waals surface area contributed by atoms with E-state index in [9.17, 15) is 0 Å². The molecule has 1 atom stereocenters.